The van der Waals surface area contributed by atoms with Crippen LogP contribution < -0.4 is 4.90 Å². The Bertz CT molecular complexity index is 2830. The van der Waals surface area contributed by atoms with Gasteiger partial charge in [-0.2, -0.15) is 0 Å². The van der Waals surface area contributed by atoms with Crippen molar-refractivity contribution in [1.82, 2.24) is 0 Å². The molecule has 0 N–H and O–H groups in total. The number of anilines is 3. The van der Waals surface area contributed by atoms with E-state index < -0.39 is 0 Å². The average molecular weight is 628 g/mol. The highest BCUT2D eigenvalue weighted by Gasteiger charge is 2.25. The number of furan rings is 2. The van der Waals surface area contributed by atoms with Crippen molar-refractivity contribution in [2.45, 2.75) is 0 Å². The summed E-state index contributed by atoms with van der Waals surface area (Å²) in [5.74, 6) is 0. The molecule has 3 heteroatoms. The van der Waals surface area contributed by atoms with E-state index >= 15 is 0 Å². The molecular formula is C46H29NO2. The molecule has 8 aromatic carbocycles. The molecule has 10 rings (SSSR count). The van der Waals surface area contributed by atoms with Gasteiger partial charge in [0.05, 0.1) is 17.1 Å². The van der Waals surface area contributed by atoms with Crippen LogP contribution in [0, 0.1) is 0 Å². The van der Waals surface area contributed by atoms with Gasteiger partial charge in [0, 0.05) is 32.5 Å². The molecule has 0 amide bonds. The quantitative estimate of drug-likeness (QED) is 0.190. The molecule has 0 saturated carbocycles. The number of fused-ring (bicyclic) bond motifs is 7. The van der Waals surface area contributed by atoms with Gasteiger partial charge in [0.1, 0.15) is 11.2 Å². The van der Waals surface area contributed by atoms with E-state index in [9.17, 15) is 0 Å². The Balaban J connectivity index is 1.30. The molecule has 0 unspecified atom stereocenters. The lowest BCUT2D eigenvalue weighted by Gasteiger charge is -2.27. The smallest absolute Gasteiger partial charge is 0.159 e. The highest BCUT2D eigenvalue weighted by Crippen LogP contribution is 2.49. The minimum absolute atomic E-state index is 0.824. The summed E-state index contributed by atoms with van der Waals surface area (Å²) in [6.45, 7) is 0. The highest BCUT2D eigenvalue weighted by molar-refractivity contribution is 6.17. The summed E-state index contributed by atoms with van der Waals surface area (Å²) in [6.07, 6.45) is 0. The first kappa shape index (κ1) is 27.5. The Morgan fingerprint density at radius 3 is 1.51 bits per heavy atom. The first-order valence-electron chi connectivity index (χ1n) is 16.6. The first-order valence-corrected chi connectivity index (χ1v) is 16.6. The molecule has 10 aromatic rings. The van der Waals surface area contributed by atoms with Crippen LogP contribution in [0.15, 0.2) is 185 Å². The van der Waals surface area contributed by atoms with Gasteiger partial charge < -0.3 is 13.7 Å². The van der Waals surface area contributed by atoms with E-state index in [2.05, 4.69) is 163 Å². The van der Waals surface area contributed by atoms with Crippen LogP contribution in [0.25, 0.3) is 76.9 Å². The maximum atomic E-state index is 7.00. The summed E-state index contributed by atoms with van der Waals surface area (Å²) in [5.41, 5.74) is 10.9. The van der Waals surface area contributed by atoms with Crippen molar-refractivity contribution in [2.75, 3.05) is 4.90 Å². The van der Waals surface area contributed by atoms with Crippen molar-refractivity contribution in [2.24, 2.45) is 0 Å². The van der Waals surface area contributed by atoms with Crippen LogP contribution in [0.5, 0.6) is 0 Å². The lowest BCUT2D eigenvalue weighted by molar-refractivity contribution is 0.667. The molecule has 0 spiro atoms. The van der Waals surface area contributed by atoms with Gasteiger partial charge in [-0.15, -0.1) is 0 Å². The molecule has 0 radical (unpaired) electrons. The van der Waals surface area contributed by atoms with Crippen LogP contribution >= 0.6 is 0 Å². The van der Waals surface area contributed by atoms with E-state index in [0.29, 0.717) is 0 Å². The monoisotopic (exact) mass is 627 g/mol. The van der Waals surface area contributed by atoms with Gasteiger partial charge in [0.2, 0.25) is 0 Å². The summed E-state index contributed by atoms with van der Waals surface area (Å²) >= 11 is 0. The Kier molecular flexibility index (Phi) is 6.18. The normalized spacial score (nSPS) is 11.7. The van der Waals surface area contributed by atoms with E-state index in [0.717, 1.165) is 77.5 Å². The Morgan fingerprint density at radius 1 is 0.286 bits per heavy atom. The third kappa shape index (κ3) is 4.29. The minimum atomic E-state index is 0.824. The van der Waals surface area contributed by atoms with Crippen molar-refractivity contribution >= 4 is 71.7 Å². The van der Waals surface area contributed by atoms with Crippen LogP contribution in [-0.4, -0.2) is 0 Å². The third-order valence-corrected chi connectivity index (χ3v) is 9.68. The maximum absolute atomic E-state index is 7.00. The van der Waals surface area contributed by atoms with E-state index in [1.807, 2.05) is 18.2 Å². The topological polar surface area (TPSA) is 29.5 Å². The summed E-state index contributed by atoms with van der Waals surface area (Å²) in [7, 11) is 0. The molecule has 0 fully saturated rings. The van der Waals surface area contributed by atoms with E-state index in [4.69, 9.17) is 8.83 Å². The van der Waals surface area contributed by atoms with Crippen LogP contribution in [0.3, 0.4) is 0 Å². The zero-order chi connectivity index (χ0) is 32.3. The minimum Gasteiger partial charge on any atom is -0.454 e. The number of hydrogen-bond acceptors (Lipinski definition) is 3. The Hall–Kier alpha value is -6.58. The molecule has 0 bridgehead atoms. The first-order chi connectivity index (χ1) is 24.3. The number of para-hydroxylation sites is 4. The largest absolute Gasteiger partial charge is 0.454 e. The molecule has 0 saturated heterocycles. The molecule has 230 valence electrons. The predicted octanol–water partition coefficient (Wildman–Crippen LogP) is 13.4. The molecule has 0 atom stereocenters. The van der Waals surface area contributed by atoms with Crippen LogP contribution in [-0.2, 0) is 0 Å². The summed E-state index contributed by atoms with van der Waals surface area (Å²) in [4.78, 5) is 2.33. The highest BCUT2D eigenvalue weighted by atomic mass is 16.3. The lowest BCUT2D eigenvalue weighted by Crippen LogP contribution is -2.11. The second-order valence-corrected chi connectivity index (χ2v) is 12.4. The molecule has 2 aromatic heterocycles. The Labute approximate surface area is 282 Å². The second-order valence-electron chi connectivity index (χ2n) is 12.4. The number of benzene rings is 8. The van der Waals surface area contributed by atoms with Gasteiger partial charge in [-0.1, -0.05) is 152 Å². The third-order valence-electron chi connectivity index (χ3n) is 9.68. The van der Waals surface area contributed by atoms with Crippen molar-refractivity contribution in [1.29, 1.82) is 0 Å². The molecule has 0 aliphatic rings. The van der Waals surface area contributed by atoms with Crippen molar-refractivity contribution in [3.05, 3.63) is 176 Å². The molecule has 0 aliphatic heterocycles. The standard InChI is InChI=1S/C46H29NO2/c1-3-14-30(15-4-1)32-28-29-40(35-19-8-7-18-34(32)35)47(41-25-12-23-37-36-20-9-10-27-43(36)48-45(37)41)42-26-13-24-39-38-22-11-21-33(44(38)49-46(39)42)31-16-5-2-6-17-31/h1-29H. The van der Waals surface area contributed by atoms with Crippen LogP contribution in [0.4, 0.5) is 17.1 Å². The number of hydrogen-bond donors (Lipinski definition) is 0. The zero-order valence-electron chi connectivity index (χ0n) is 26.5. The second kappa shape index (κ2) is 11.0. The lowest BCUT2D eigenvalue weighted by atomic mass is 9.96. The predicted molar refractivity (Wildman–Crippen MR) is 204 cm³/mol. The SMILES string of the molecule is c1ccc(-c2ccc(N(c3cccc4c3oc3ccccc34)c3cccc4c3oc3c(-c5ccccc5)cccc34)c3ccccc23)cc1. The van der Waals surface area contributed by atoms with Gasteiger partial charge in [-0.25, -0.2) is 0 Å². The Morgan fingerprint density at radius 2 is 0.796 bits per heavy atom. The summed E-state index contributed by atoms with van der Waals surface area (Å²) < 4.78 is 13.7. The van der Waals surface area contributed by atoms with Gasteiger partial charge in [-0.3, -0.25) is 0 Å². The van der Waals surface area contributed by atoms with E-state index in [1.54, 1.807) is 0 Å². The summed E-state index contributed by atoms with van der Waals surface area (Å²) in [5, 5.41) is 6.64. The molecule has 2 heterocycles. The molecule has 0 aliphatic carbocycles. The van der Waals surface area contributed by atoms with Gasteiger partial charge in [-0.05, 0) is 46.3 Å². The maximum Gasteiger partial charge on any atom is 0.159 e. The summed E-state index contributed by atoms with van der Waals surface area (Å²) in [6, 6.07) is 61.8. The van der Waals surface area contributed by atoms with Gasteiger partial charge >= 0.3 is 0 Å². The van der Waals surface area contributed by atoms with E-state index in [-0.39, 0.29) is 0 Å². The van der Waals surface area contributed by atoms with Crippen molar-refractivity contribution in [3.63, 3.8) is 0 Å². The average Bonchev–Trinajstić information content (AvgIpc) is 3.75. The molecular weight excluding hydrogens is 599 g/mol. The fourth-order valence-corrected chi connectivity index (χ4v) is 7.47. The fourth-order valence-electron chi connectivity index (χ4n) is 7.47. The van der Waals surface area contributed by atoms with Gasteiger partial charge in [0.15, 0.2) is 11.2 Å². The van der Waals surface area contributed by atoms with Crippen molar-refractivity contribution < 1.29 is 8.83 Å². The van der Waals surface area contributed by atoms with Crippen molar-refractivity contribution in [3.8, 4) is 22.3 Å². The molecule has 49 heavy (non-hydrogen) atoms. The van der Waals surface area contributed by atoms with Gasteiger partial charge in [0.25, 0.3) is 0 Å². The number of nitrogens with zero attached hydrogens (tertiary/aromatic N) is 1. The zero-order valence-corrected chi connectivity index (χ0v) is 26.5. The van der Waals surface area contributed by atoms with Crippen LogP contribution in [0.1, 0.15) is 0 Å². The molecule has 3 nitrogen and oxygen atoms in total. The van der Waals surface area contributed by atoms with Crippen LogP contribution in [0.2, 0.25) is 0 Å². The van der Waals surface area contributed by atoms with E-state index in [1.165, 1.54) is 16.5 Å². The fraction of sp³-hybridized carbons (Fsp3) is 0. The number of rotatable bonds is 5.